The number of aromatic nitrogens is 2. The van der Waals surface area contributed by atoms with Crippen LogP contribution in [0.5, 0.6) is 0 Å². The van der Waals surface area contributed by atoms with Gasteiger partial charge in [-0.3, -0.25) is 4.90 Å². The summed E-state index contributed by atoms with van der Waals surface area (Å²) >= 11 is 0. The highest BCUT2D eigenvalue weighted by Gasteiger charge is 2.09. The zero-order valence-corrected chi connectivity index (χ0v) is 12.7. The van der Waals surface area contributed by atoms with Gasteiger partial charge in [-0.2, -0.15) is 0 Å². The second-order valence-corrected chi connectivity index (χ2v) is 4.86. The number of aryl methyl sites for hydroxylation is 2. The molecule has 0 aliphatic rings. The van der Waals surface area contributed by atoms with E-state index in [0.29, 0.717) is 19.6 Å². The molecule has 3 N–H and O–H groups in total. The monoisotopic (exact) mass is 299 g/mol. The van der Waals surface area contributed by atoms with Gasteiger partial charge in [-0.05, 0) is 37.1 Å². The van der Waals surface area contributed by atoms with Crippen LogP contribution in [0.3, 0.4) is 0 Å². The fourth-order valence-corrected chi connectivity index (χ4v) is 2.16. The number of H-pyrrole nitrogens is 1. The third kappa shape index (κ3) is 3.93. The van der Waals surface area contributed by atoms with Gasteiger partial charge < -0.3 is 15.2 Å². The van der Waals surface area contributed by atoms with E-state index < -0.39 is 0 Å². The number of aromatic amines is 1. The van der Waals surface area contributed by atoms with Gasteiger partial charge >= 0.3 is 0 Å². The molecule has 0 fully saturated rings. The summed E-state index contributed by atoms with van der Waals surface area (Å²) in [4.78, 5) is 9.82. The topological polar surface area (TPSA) is 72.4 Å². The van der Waals surface area contributed by atoms with Crippen LogP contribution < -0.4 is 0 Å². The third-order valence-electron chi connectivity index (χ3n) is 3.35. The highest BCUT2D eigenvalue weighted by atomic mass is 35.5. The molecule has 1 heterocycles. The Bertz CT molecular complexity index is 512. The van der Waals surface area contributed by atoms with E-state index in [-0.39, 0.29) is 25.6 Å². The van der Waals surface area contributed by atoms with Crippen LogP contribution in [0, 0.1) is 13.8 Å². The van der Waals surface area contributed by atoms with Gasteiger partial charge in [-0.1, -0.05) is 0 Å². The molecule has 20 heavy (non-hydrogen) atoms. The maximum Gasteiger partial charge on any atom is 0.121 e. The van der Waals surface area contributed by atoms with Crippen molar-refractivity contribution in [2.45, 2.75) is 20.4 Å². The fraction of sp³-hybridized carbons (Fsp3) is 0.500. The number of aliphatic hydroxyl groups is 2. The van der Waals surface area contributed by atoms with Gasteiger partial charge in [0.1, 0.15) is 5.82 Å². The van der Waals surface area contributed by atoms with Crippen LogP contribution in [-0.4, -0.2) is 51.4 Å². The summed E-state index contributed by atoms with van der Waals surface area (Å²) in [6.45, 7) is 6.00. The van der Waals surface area contributed by atoms with Crippen LogP contribution in [0.4, 0.5) is 0 Å². The standard InChI is InChI=1S/C14H21N3O2.ClH/c1-10-7-12-13(8-11(10)2)16-14(15-12)9-17(3-5-18)4-6-19;/h7-8,18-19H,3-6,9H2,1-2H3,(H,15,16);1H. The molecule has 2 rings (SSSR count). The van der Waals surface area contributed by atoms with E-state index in [1.54, 1.807) is 0 Å². The SMILES string of the molecule is Cc1cc2nc(CN(CCO)CCO)[nH]c2cc1C.Cl. The van der Waals surface area contributed by atoms with Crippen molar-refractivity contribution in [2.75, 3.05) is 26.3 Å². The number of hydrogen-bond acceptors (Lipinski definition) is 4. The van der Waals surface area contributed by atoms with Crippen LogP contribution in [-0.2, 0) is 6.54 Å². The molecule has 112 valence electrons. The van der Waals surface area contributed by atoms with Crippen molar-refractivity contribution < 1.29 is 10.2 Å². The highest BCUT2D eigenvalue weighted by Crippen LogP contribution is 2.17. The Morgan fingerprint density at radius 1 is 1.10 bits per heavy atom. The van der Waals surface area contributed by atoms with E-state index in [2.05, 4.69) is 35.9 Å². The predicted octanol–water partition coefficient (Wildman–Crippen LogP) is 1.39. The Morgan fingerprint density at radius 2 is 1.70 bits per heavy atom. The minimum absolute atomic E-state index is 0. The molecule has 0 bridgehead atoms. The Labute approximate surface area is 125 Å². The van der Waals surface area contributed by atoms with Crippen LogP contribution >= 0.6 is 12.4 Å². The lowest BCUT2D eigenvalue weighted by atomic mass is 10.1. The largest absolute Gasteiger partial charge is 0.395 e. The summed E-state index contributed by atoms with van der Waals surface area (Å²) in [7, 11) is 0. The first kappa shape index (κ1) is 16.9. The summed E-state index contributed by atoms with van der Waals surface area (Å²) in [5.74, 6) is 0.863. The molecule has 0 amide bonds. The molecule has 0 atom stereocenters. The van der Waals surface area contributed by atoms with Crippen molar-refractivity contribution in [1.82, 2.24) is 14.9 Å². The van der Waals surface area contributed by atoms with Crippen molar-refractivity contribution in [3.8, 4) is 0 Å². The second kappa shape index (κ2) is 7.59. The summed E-state index contributed by atoms with van der Waals surface area (Å²) in [5, 5.41) is 18.0. The molecule has 0 aliphatic heterocycles. The number of nitrogens with zero attached hydrogens (tertiary/aromatic N) is 2. The molecule has 1 aromatic heterocycles. The molecular formula is C14H22ClN3O2. The zero-order valence-electron chi connectivity index (χ0n) is 11.9. The van der Waals surface area contributed by atoms with Crippen molar-refractivity contribution >= 4 is 23.4 Å². The molecule has 0 radical (unpaired) electrons. The number of halogens is 1. The molecule has 0 aliphatic carbocycles. The van der Waals surface area contributed by atoms with Gasteiger partial charge in [-0.25, -0.2) is 4.98 Å². The van der Waals surface area contributed by atoms with Gasteiger partial charge in [0.2, 0.25) is 0 Å². The van der Waals surface area contributed by atoms with Gasteiger partial charge in [0.15, 0.2) is 0 Å². The molecule has 0 unspecified atom stereocenters. The number of rotatable bonds is 6. The Hall–Kier alpha value is -1.14. The Morgan fingerprint density at radius 3 is 2.30 bits per heavy atom. The van der Waals surface area contributed by atoms with E-state index >= 15 is 0 Å². The molecule has 2 aromatic rings. The van der Waals surface area contributed by atoms with Crippen molar-refractivity contribution in [2.24, 2.45) is 0 Å². The summed E-state index contributed by atoms with van der Waals surface area (Å²) < 4.78 is 0. The zero-order chi connectivity index (χ0) is 13.8. The Kier molecular flexibility index (Phi) is 6.42. The van der Waals surface area contributed by atoms with Gasteiger partial charge in [0.25, 0.3) is 0 Å². The highest BCUT2D eigenvalue weighted by molar-refractivity contribution is 5.85. The van der Waals surface area contributed by atoms with E-state index in [1.807, 2.05) is 4.90 Å². The number of nitrogens with one attached hydrogen (secondary N) is 1. The van der Waals surface area contributed by atoms with Crippen LogP contribution in [0.15, 0.2) is 12.1 Å². The molecule has 6 heteroatoms. The molecule has 0 saturated heterocycles. The number of imidazole rings is 1. The minimum atomic E-state index is 0. The summed E-state index contributed by atoms with van der Waals surface area (Å²) in [6.07, 6.45) is 0. The maximum atomic E-state index is 9.00. The van der Waals surface area contributed by atoms with E-state index in [1.165, 1.54) is 11.1 Å². The van der Waals surface area contributed by atoms with Crippen LogP contribution in [0.25, 0.3) is 11.0 Å². The Balaban J connectivity index is 0.00000200. The number of hydrogen-bond donors (Lipinski definition) is 3. The van der Waals surface area contributed by atoms with Crippen LogP contribution in [0.2, 0.25) is 0 Å². The summed E-state index contributed by atoms with van der Waals surface area (Å²) in [5.41, 5.74) is 4.47. The van der Waals surface area contributed by atoms with Crippen molar-refractivity contribution in [3.05, 3.63) is 29.1 Å². The smallest absolute Gasteiger partial charge is 0.121 e. The third-order valence-corrected chi connectivity index (χ3v) is 3.35. The normalized spacial score (nSPS) is 11.1. The molecule has 1 aromatic carbocycles. The first-order chi connectivity index (χ1) is 9.13. The molecule has 0 saturated carbocycles. The van der Waals surface area contributed by atoms with Gasteiger partial charge in [0.05, 0.1) is 30.8 Å². The average Bonchev–Trinajstić information content (AvgIpc) is 2.72. The first-order valence-corrected chi connectivity index (χ1v) is 6.54. The van der Waals surface area contributed by atoms with Crippen molar-refractivity contribution in [3.63, 3.8) is 0 Å². The van der Waals surface area contributed by atoms with E-state index in [0.717, 1.165) is 16.9 Å². The molecule has 0 spiro atoms. The van der Waals surface area contributed by atoms with Gasteiger partial charge in [0, 0.05) is 13.1 Å². The minimum Gasteiger partial charge on any atom is -0.395 e. The first-order valence-electron chi connectivity index (χ1n) is 6.54. The quantitative estimate of drug-likeness (QED) is 0.754. The molecular weight excluding hydrogens is 278 g/mol. The maximum absolute atomic E-state index is 9.00. The lowest BCUT2D eigenvalue weighted by Crippen LogP contribution is -2.29. The lowest BCUT2D eigenvalue weighted by molar-refractivity contribution is 0.154. The van der Waals surface area contributed by atoms with Crippen molar-refractivity contribution in [1.29, 1.82) is 0 Å². The molecule has 5 nitrogen and oxygen atoms in total. The predicted molar refractivity (Wildman–Crippen MR) is 82.3 cm³/mol. The number of fused-ring (bicyclic) bond motifs is 1. The fourth-order valence-electron chi connectivity index (χ4n) is 2.16. The number of benzene rings is 1. The van der Waals surface area contributed by atoms with Crippen LogP contribution in [0.1, 0.15) is 17.0 Å². The van der Waals surface area contributed by atoms with E-state index in [4.69, 9.17) is 10.2 Å². The lowest BCUT2D eigenvalue weighted by Gasteiger charge is -2.18. The second-order valence-electron chi connectivity index (χ2n) is 4.86. The van der Waals surface area contributed by atoms with Gasteiger partial charge in [-0.15, -0.1) is 12.4 Å². The summed E-state index contributed by atoms with van der Waals surface area (Å²) in [6, 6.07) is 4.18. The number of aliphatic hydroxyl groups excluding tert-OH is 2. The van der Waals surface area contributed by atoms with E-state index in [9.17, 15) is 0 Å². The average molecular weight is 300 g/mol.